The quantitative estimate of drug-likeness (QED) is 0.489. The van der Waals surface area contributed by atoms with Crippen molar-refractivity contribution in [3.8, 4) is 0 Å². The van der Waals surface area contributed by atoms with E-state index in [1.54, 1.807) is 0 Å². The van der Waals surface area contributed by atoms with Crippen molar-refractivity contribution >= 4 is 0 Å². The third-order valence-corrected chi connectivity index (χ3v) is 1.94. The van der Waals surface area contributed by atoms with Crippen molar-refractivity contribution in [2.24, 2.45) is 0 Å². The SMILES string of the molecule is OC(CNOCC(F)(F)F)c1ccc(F)c(F)c1. The number of alkyl halides is 3. The Bertz CT molecular complexity index is 396. The Morgan fingerprint density at radius 2 is 1.89 bits per heavy atom. The van der Waals surface area contributed by atoms with Gasteiger partial charge in [-0.3, -0.25) is 4.84 Å². The molecule has 1 rings (SSSR count). The first-order valence-corrected chi connectivity index (χ1v) is 4.84. The van der Waals surface area contributed by atoms with Gasteiger partial charge in [-0.05, 0) is 17.7 Å². The molecule has 0 spiro atoms. The van der Waals surface area contributed by atoms with Crippen molar-refractivity contribution in [3.05, 3.63) is 35.4 Å². The minimum Gasteiger partial charge on any atom is -0.387 e. The number of hydrogen-bond acceptors (Lipinski definition) is 3. The molecule has 0 amide bonds. The van der Waals surface area contributed by atoms with Crippen molar-refractivity contribution in [2.75, 3.05) is 13.2 Å². The number of rotatable bonds is 5. The van der Waals surface area contributed by atoms with Crippen LogP contribution >= 0.6 is 0 Å². The van der Waals surface area contributed by atoms with Gasteiger partial charge >= 0.3 is 6.18 Å². The summed E-state index contributed by atoms with van der Waals surface area (Å²) in [6.07, 6.45) is -5.80. The van der Waals surface area contributed by atoms with Crippen LogP contribution in [0.1, 0.15) is 11.7 Å². The first kappa shape index (κ1) is 14.8. The fourth-order valence-corrected chi connectivity index (χ4v) is 1.11. The molecule has 0 radical (unpaired) electrons. The summed E-state index contributed by atoms with van der Waals surface area (Å²) in [6.45, 7) is -1.90. The summed E-state index contributed by atoms with van der Waals surface area (Å²) >= 11 is 0. The second-order valence-electron chi connectivity index (χ2n) is 3.44. The van der Waals surface area contributed by atoms with E-state index in [1.807, 2.05) is 5.48 Å². The molecule has 1 atom stereocenters. The Labute approximate surface area is 99.1 Å². The predicted octanol–water partition coefficient (Wildman–Crippen LogP) is 2.08. The zero-order valence-corrected chi connectivity index (χ0v) is 8.97. The number of benzene rings is 1. The molecule has 2 N–H and O–H groups in total. The summed E-state index contributed by atoms with van der Waals surface area (Å²) in [5.74, 6) is -2.23. The van der Waals surface area contributed by atoms with E-state index in [2.05, 4.69) is 4.84 Å². The van der Waals surface area contributed by atoms with Gasteiger partial charge in [0.15, 0.2) is 18.2 Å². The molecule has 0 saturated carbocycles. The van der Waals surface area contributed by atoms with Gasteiger partial charge in [0, 0.05) is 0 Å². The molecule has 0 saturated heterocycles. The van der Waals surface area contributed by atoms with Crippen LogP contribution in [0.25, 0.3) is 0 Å². The largest absolute Gasteiger partial charge is 0.413 e. The molecule has 1 aromatic carbocycles. The highest BCUT2D eigenvalue weighted by molar-refractivity contribution is 5.20. The first-order valence-electron chi connectivity index (χ1n) is 4.84. The van der Waals surface area contributed by atoms with E-state index in [-0.39, 0.29) is 12.1 Å². The molecule has 0 fully saturated rings. The van der Waals surface area contributed by atoms with Crippen molar-refractivity contribution < 1.29 is 31.9 Å². The highest BCUT2D eigenvalue weighted by atomic mass is 19.4. The summed E-state index contributed by atoms with van der Waals surface area (Å²) in [5.41, 5.74) is 1.91. The second-order valence-corrected chi connectivity index (χ2v) is 3.44. The molecule has 102 valence electrons. The Morgan fingerprint density at radius 3 is 2.44 bits per heavy atom. The number of aliphatic hydroxyl groups excluding tert-OH is 1. The molecule has 1 unspecified atom stereocenters. The minimum atomic E-state index is -4.49. The van der Waals surface area contributed by atoms with Crippen molar-refractivity contribution in [1.82, 2.24) is 5.48 Å². The van der Waals surface area contributed by atoms with Crippen LogP contribution in [0.15, 0.2) is 18.2 Å². The monoisotopic (exact) mass is 271 g/mol. The normalized spacial score (nSPS) is 13.7. The van der Waals surface area contributed by atoms with Gasteiger partial charge in [0.1, 0.15) is 0 Å². The van der Waals surface area contributed by atoms with Crippen LogP contribution in [0.2, 0.25) is 0 Å². The van der Waals surface area contributed by atoms with Crippen LogP contribution in [0.5, 0.6) is 0 Å². The van der Waals surface area contributed by atoms with Gasteiger partial charge in [-0.2, -0.15) is 18.7 Å². The smallest absolute Gasteiger partial charge is 0.387 e. The lowest BCUT2D eigenvalue weighted by Gasteiger charge is -2.13. The first-order chi connectivity index (χ1) is 8.29. The number of halogens is 5. The molecular weight excluding hydrogens is 261 g/mol. The summed E-state index contributed by atoms with van der Waals surface area (Å²) in [5, 5.41) is 9.45. The lowest BCUT2D eigenvalue weighted by Crippen LogP contribution is -2.28. The fraction of sp³-hybridized carbons (Fsp3) is 0.400. The van der Waals surface area contributed by atoms with Gasteiger partial charge in [-0.25, -0.2) is 8.78 Å². The van der Waals surface area contributed by atoms with Crippen LogP contribution in [0, 0.1) is 11.6 Å². The summed E-state index contributed by atoms with van der Waals surface area (Å²) < 4.78 is 60.4. The molecule has 18 heavy (non-hydrogen) atoms. The molecular formula is C10H10F5NO2. The van der Waals surface area contributed by atoms with Crippen LogP contribution in [-0.2, 0) is 4.84 Å². The maximum atomic E-state index is 12.8. The van der Waals surface area contributed by atoms with Crippen molar-refractivity contribution in [2.45, 2.75) is 12.3 Å². The van der Waals surface area contributed by atoms with E-state index < -0.39 is 30.5 Å². The maximum Gasteiger partial charge on any atom is 0.413 e. The lowest BCUT2D eigenvalue weighted by molar-refractivity contribution is -0.191. The number of aliphatic hydroxyl groups is 1. The molecule has 0 aliphatic carbocycles. The van der Waals surface area contributed by atoms with Crippen LogP contribution < -0.4 is 5.48 Å². The molecule has 0 heterocycles. The third kappa shape index (κ3) is 4.94. The van der Waals surface area contributed by atoms with Gasteiger partial charge in [-0.1, -0.05) is 6.07 Å². The molecule has 0 aliphatic heterocycles. The Balaban J connectivity index is 2.41. The van der Waals surface area contributed by atoms with E-state index in [0.717, 1.165) is 18.2 Å². The van der Waals surface area contributed by atoms with Gasteiger partial charge in [0.25, 0.3) is 0 Å². The molecule has 0 bridgehead atoms. The zero-order valence-electron chi connectivity index (χ0n) is 8.97. The van der Waals surface area contributed by atoms with Gasteiger partial charge in [-0.15, -0.1) is 0 Å². The third-order valence-electron chi connectivity index (χ3n) is 1.94. The average Bonchev–Trinajstić information content (AvgIpc) is 2.26. The summed E-state index contributed by atoms with van der Waals surface area (Å²) in [4.78, 5) is 4.04. The summed E-state index contributed by atoms with van der Waals surface area (Å²) in [7, 11) is 0. The maximum absolute atomic E-state index is 12.8. The Morgan fingerprint density at radius 1 is 1.22 bits per heavy atom. The van der Waals surface area contributed by atoms with E-state index >= 15 is 0 Å². The average molecular weight is 271 g/mol. The van der Waals surface area contributed by atoms with E-state index in [1.165, 1.54) is 0 Å². The predicted molar refractivity (Wildman–Crippen MR) is 51.3 cm³/mol. The van der Waals surface area contributed by atoms with Crippen molar-refractivity contribution in [3.63, 3.8) is 0 Å². The van der Waals surface area contributed by atoms with E-state index in [4.69, 9.17) is 0 Å². The molecule has 1 aromatic rings. The standard InChI is InChI=1S/C10H10F5NO2/c11-7-2-1-6(3-8(7)12)9(17)4-16-18-5-10(13,14)15/h1-3,9,16-17H,4-5H2. The Hall–Kier alpha value is -1.25. The highest BCUT2D eigenvalue weighted by Gasteiger charge is 2.27. The minimum absolute atomic E-state index is 0.0250. The van der Waals surface area contributed by atoms with Crippen molar-refractivity contribution in [1.29, 1.82) is 0 Å². The van der Waals surface area contributed by atoms with Crippen LogP contribution in [-0.4, -0.2) is 24.4 Å². The molecule has 3 nitrogen and oxygen atoms in total. The van der Waals surface area contributed by atoms with E-state index in [0.29, 0.717) is 0 Å². The highest BCUT2D eigenvalue weighted by Crippen LogP contribution is 2.16. The molecule has 8 heteroatoms. The fourth-order valence-electron chi connectivity index (χ4n) is 1.11. The van der Waals surface area contributed by atoms with Crippen LogP contribution in [0.3, 0.4) is 0 Å². The topological polar surface area (TPSA) is 41.5 Å². The van der Waals surface area contributed by atoms with E-state index in [9.17, 15) is 27.1 Å². The molecule has 0 aromatic heterocycles. The lowest BCUT2D eigenvalue weighted by atomic mass is 10.1. The van der Waals surface area contributed by atoms with Gasteiger partial charge in [0.2, 0.25) is 0 Å². The number of nitrogens with one attached hydrogen (secondary N) is 1. The van der Waals surface area contributed by atoms with Gasteiger partial charge in [0.05, 0.1) is 12.6 Å². The number of hydrogen-bond donors (Lipinski definition) is 2. The van der Waals surface area contributed by atoms with Crippen LogP contribution in [0.4, 0.5) is 22.0 Å². The van der Waals surface area contributed by atoms with Gasteiger partial charge < -0.3 is 5.11 Å². The summed E-state index contributed by atoms with van der Waals surface area (Å²) in [6, 6.07) is 2.68. The Kier molecular flexibility index (Phi) is 5.00. The second kappa shape index (κ2) is 6.07. The molecule has 0 aliphatic rings. The zero-order chi connectivity index (χ0) is 13.8. The number of hydroxylamine groups is 1.